The minimum Gasteiger partial charge on any atom is -0.337 e. The van der Waals surface area contributed by atoms with E-state index in [4.69, 9.17) is 0 Å². The highest BCUT2D eigenvalue weighted by molar-refractivity contribution is 5.93. The molecule has 1 aromatic heterocycles. The van der Waals surface area contributed by atoms with Crippen molar-refractivity contribution in [2.75, 3.05) is 26.2 Å². The van der Waals surface area contributed by atoms with Crippen molar-refractivity contribution in [2.24, 2.45) is 5.92 Å². The number of halogens is 1. The molecular formula is C19H34ClN5O. The molecule has 2 fully saturated rings. The van der Waals surface area contributed by atoms with Gasteiger partial charge in [-0.15, -0.1) is 17.5 Å². The maximum atomic E-state index is 13.1. The van der Waals surface area contributed by atoms with Crippen molar-refractivity contribution in [3.8, 4) is 0 Å². The SMILES string of the molecule is CCCN(CC1CCCCC1)C(=O)c1nnn(C2CCNCC2)c1C.Cl. The summed E-state index contributed by atoms with van der Waals surface area (Å²) >= 11 is 0. The van der Waals surface area contributed by atoms with E-state index in [9.17, 15) is 4.79 Å². The quantitative estimate of drug-likeness (QED) is 0.818. The topological polar surface area (TPSA) is 63.1 Å². The molecule has 0 radical (unpaired) electrons. The Kier molecular flexibility index (Phi) is 8.35. The number of hydrogen-bond donors (Lipinski definition) is 1. The molecule has 26 heavy (non-hydrogen) atoms. The Hall–Kier alpha value is -1.14. The molecular weight excluding hydrogens is 350 g/mol. The van der Waals surface area contributed by atoms with E-state index in [1.165, 1.54) is 32.1 Å². The van der Waals surface area contributed by atoms with Gasteiger partial charge in [0.05, 0.1) is 11.7 Å². The van der Waals surface area contributed by atoms with Gasteiger partial charge in [-0.3, -0.25) is 4.79 Å². The number of hydrogen-bond acceptors (Lipinski definition) is 4. The molecule has 0 bridgehead atoms. The number of aromatic nitrogens is 3. The third-order valence-corrected chi connectivity index (χ3v) is 5.77. The third-order valence-electron chi connectivity index (χ3n) is 5.77. The van der Waals surface area contributed by atoms with Crippen LogP contribution in [-0.4, -0.2) is 52.0 Å². The average Bonchev–Trinajstić information content (AvgIpc) is 3.04. The Morgan fingerprint density at radius 3 is 2.54 bits per heavy atom. The van der Waals surface area contributed by atoms with Crippen LogP contribution in [0.2, 0.25) is 0 Å². The molecule has 0 spiro atoms. The van der Waals surface area contributed by atoms with Gasteiger partial charge >= 0.3 is 0 Å². The second kappa shape index (κ2) is 10.3. The summed E-state index contributed by atoms with van der Waals surface area (Å²) in [6, 6.07) is 0.369. The first-order valence-electron chi connectivity index (χ1n) is 10.1. The molecule has 1 aliphatic carbocycles. The molecule has 0 atom stereocenters. The summed E-state index contributed by atoms with van der Waals surface area (Å²) in [5.74, 6) is 0.731. The second-order valence-corrected chi connectivity index (χ2v) is 7.70. The zero-order valence-corrected chi connectivity index (χ0v) is 17.1. The van der Waals surface area contributed by atoms with Crippen LogP contribution in [0.1, 0.15) is 80.5 Å². The average molecular weight is 384 g/mol. The molecule has 2 aliphatic rings. The van der Waals surface area contributed by atoms with Crippen LogP contribution in [0, 0.1) is 12.8 Å². The molecule has 3 rings (SSSR count). The van der Waals surface area contributed by atoms with Gasteiger partial charge in [0, 0.05) is 13.1 Å². The second-order valence-electron chi connectivity index (χ2n) is 7.70. The van der Waals surface area contributed by atoms with Crippen LogP contribution in [0.5, 0.6) is 0 Å². The smallest absolute Gasteiger partial charge is 0.276 e. The lowest BCUT2D eigenvalue weighted by Crippen LogP contribution is -2.37. The van der Waals surface area contributed by atoms with Crippen LogP contribution in [0.3, 0.4) is 0 Å². The normalized spacial score (nSPS) is 19.2. The summed E-state index contributed by atoms with van der Waals surface area (Å²) in [6.07, 6.45) is 9.58. The van der Waals surface area contributed by atoms with Crippen LogP contribution in [-0.2, 0) is 0 Å². The lowest BCUT2D eigenvalue weighted by atomic mass is 9.89. The first-order chi connectivity index (χ1) is 12.2. The van der Waals surface area contributed by atoms with E-state index in [-0.39, 0.29) is 18.3 Å². The molecule has 1 saturated carbocycles. The summed E-state index contributed by atoms with van der Waals surface area (Å²) in [5, 5.41) is 12.0. The molecule has 0 unspecified atom stereocenters. The van der Waals surface area contributed by atoms with E-state index in [2.05, 4.69) is 22.6 Å². The summed E-state index contributed by atoms with van der Waals surface area (Å²) in [5.41, 5.74) is 1.49. The number of piperidine rings is 1. The molecule has 1 aromatic rings. The fourth-order valence-electron chi connectivity index (χ4n) is 4.31. The monoisotopic (exact) mass is 383 g/mol. The first kappa shape index (κ1) is 21.2. The van der Waals surface area contributed by atoms with Gasteiger partial charge in [0.1, 0.15) is 0 Å². The standard InChI is InChI=1S/C19H33N5O.ClH/c1-3-13-23(14-16-7-5-4-6-8-16)19(25)18-15(2)24(22-21-18)17-9-11-20-12-10-17;/h16-17,20H,3-14H2,1-2H3;1H. The van der Waals surface area contributed by atoms with Gasteiger partial charge in [0.25, 0.3) is 5.91 Å². The zero-order chi connectivity index (χ0) is 17.6. The van der Waals surface area contributed by atoms with Gasteiger partial charge < -0.3 is 10.2 Å². The summed E-state index contributed by atoms with van der Waals surface area (Å²) in [6.45, 7) is 7.86. The molecule has 6 nitrogen and oxygen atoms in total. The van der Waals surface area contributed by atoms with Gasteiger partial charge in [-0.05, 0) is 58.0 Å². The van der Waals surface area contributed by atoms with Crippen LogP contribution < -0.4 is 5.32 Å². The molecule has 1 N–H and O–H groups in total. The van der Waals surface area contributed by atoms with Crippen molar-refractivity contribution in [3.63, 3.8) is 0 Å². The van der Waals surface area contributed by atoms with Crippen LogP contribution in [0.4, 0.5) is 0 Å². The van der Waals surface area contributed by atoms with Crippen molar-refractivity contribution < 1.29 is 4.79 Å². The van der Waals surface area contributed by atoms with E-state index in [1.54, 1.807) is 0 Å². The van der Waals surface area contributed by atoms with Gasteiger partial charge in [0.2, 0.25) is 0 Å². The molecule has 1 saturated heterocycles. The van der Waals surface area contributed by atoms with Crippen molar-refractivity contribution in [3.05, 3.63) is 11.4 Å². The number of carbonyl (C=O) groups is 1. The maximum absolute atomic E-state index is 13.1. The molecule has 0 aromatic carbocycles. The van der Waals surface area contributed by atoms with Crippen molar-refractivity contribution in [2.45, 2.75) is 71.3 Å². The maximum Gasteiger partial charge on any atom is 0.276 e. The number of rotatable bonds is 6. The predicted octanol–water partition coefficient (Wildman–Crippen LogP) is 3.37. The summed E-state index contributed by atoms with van der Waals surface area (Å²) < 4.78 is 1.98. The number of amides is 1. The molecule has 7 heteroatoms. The number of carbonyl (C=O) groups excluding carboxylic acids is 1. The van der Waals surface area contributed by atoms with Crippen molar-refractivity contribution in [1.29, 1.82) is 0 Å². The summed E-state index contributed by atoms with van der Waals surface area (Å²) in [7, 11) is 0. The van der Waals surface area contributed by atoms with Gasteiger partial charge in [-0.1, -0.05) is 31.4 Å². The highest BCUT2D eigenvalue weighted by Gasteiger charge is 2.27. The number of nitrogens with zero attached hydrogens (tertiary/aromatic N) is 4. The van der Waals surface area contributed by atoms with E-state index in [0.717, 1.165) is 51.1 Å². The lowest BCUT2D eigenvalue weighted by Gasteiger charge is -2.29. The Balaban J connectivity index is 0.00000243. The van der Waals surface area contributed by atoms with Gasteiger partial charge in [-0.25, -0.2) is 4.68 Å². The Morgan fingerprint density at radius 1 is 1.19 bits per heavy atom. The van der Waals surface area contributed by atoms with E-state index in [0.29, 0.717) is 17.7 Å². The third kappa shape index (κ3) is 4.97. The fourth-order valence-corrected chi connectivity index (χ4v) is 4.31. The molecule has 1 aliphatic heterocycles. The van der Waals surface area contributed by atoms with Crippen molar-refractivity contribution in [1.82, 2.24) is 25.2 Å². The number of nitrogens with one attached hydrogen (secondary N) is 1. The predicted molar refractivity (Wildman–Crippen MR) is 106 cm³/mol. The molecule has 148 valence electrons. The molecule has 1 amide bonds. The Morgan fingerprint density at radius 2 is 1.88 bits per heavy atom. The zero-order valence-electron chi connectivity index (χ0n) is 16.2. The van der Waals surface area contributed by atoms with Crippen LogP contribution in [0.15, 0.2) is 0 Å². The minimum atomic E-state index is 0. The summed E-state index contributed by atoms with van der Waals surface area (Å²) in [4.78, 5) is 15.2. The lowest BCUT2D eigenvalue weighted by molar-refractivity contribution is 0.0707. The molecule has 2 heterocycles. The van der Waals surface area contributed by atoms with Gasteiger partial charge in [0.15, 0.2) is 5.69 Å². The highest BCUT2D eigenvalue weighted by atomic mass is 35.5. The van der Waals surface area contributed by atoms with Crippen molar-refractivity contribution >= 4 is 18.3 Å². The van der Waals surface area contributed by atoms with E-state index in [1.807, 2.05) is 16.5 Å². The Bertz CT molecular complexity index is 564. The van der Waals surface area contributed by atoms with Gasteiger partial charge in [-0.2, -0.15) is 0 Å². The largest absolute Gasteiger partial charge is 0.337 e. The first-order valence-corrected chi connectivity index (χ1v) is 10.1. The van der Waals surface area contributed by atoms with Crippen LogP contribution >= 0.6 is 12.4 Å². The van der Waals surface area contributed by atoms with E-state index < -0.39 is 0 Å². The highest BCUT2D eigenvalue weighted by Crippen LogP contribution is 2.26. The van der Waals surface area contributed by atoms with E-state index >= 15 is 0 Å². The Labute approximate surface area is 163 Å². The minimum absolute atomic E-state index is 0. The fraction of sp³-hybridized carbons (Fsp3) is 0.842. The van der Waals surface area contributed by atoms with Crippen LogP contribution in [0.25, 0.3) is 0 Å².